The number of nitrogens with two attached hydrogens (primary N) is 1. The third-order valence-corrected chi connectivity index (χ3v) is 1.03. The maximum Gasteiger partial charge on any atom is 0.349 e. The third-order valence-electron chi connectivity index (χ3n) is 1.03. The van der Waals surface area contributed by atoms with Gasteiger partial charge in [0.1, 0.15) is 5.76 Å². The number of carbonyl (C=O) groups excluding carboxylic acids is 1. The van der Waals surface area contributed by atoms with Crippen molar-refractivity contribution in [2.45, 2.75) is 0 Å². The summed E-state index contributed by atoms with van der Waals surface area (Å²) in [5.41, 5.74) is 3.96. The highest BCUT2D eigenvalue weighted by Gasteiger charge is 1.91. The first-order valence-corrected chi connectivity index (χ1v) is 3.16. The van der Waals surface area contributed by atoms with Crippen LogP contribution in [-0.4, -0.2) is 12.2 Å². The number of hydrogen-bond donors (Lipinski definition) is 3. The lowest BCUT2D eigenvalue weighted by atomic mass is 10.5. The lowest BCUT2D eigenvalue weighted by molar-refractivity contribution is 0.241. The minimum absolute atomic E-state index is 0.548. The molecule has 1 aromatic rings. The molecule has 4 N–H and O–H groups in total. The van der Waals surface area contributed by atoms with Crippen LogP contribution in [0.2, 0.25) is 0 Å². The highest BCUT2D eigenvalue weighted by Crippen LogP contribution is 1.93. The Morgan fingerprint density at radius 2 is 2.58 bits per heavy atom. The topological polar surface area (TPSA) is 92.6 Å². The summed E-state index contributed by atoms with van der Waals surface area (Å²) >= 11 is 0. The van der Waals surface area contributed by atoms with Gasteiger partial charge in [-0.15, -0.1) is 0 Å². The van der Waals surface area contributed by atoms with Gasteiger partial charge in [0.05, 0.1) is 12.5 Å². The molecule has 0 radical (unpaired) electrons. The smallest absolute Gasteiger partial charge is 0.349 e. The van der Waals surface area contributed by atoms with E-state index in [4.69, 9.17) is 10.3 Å². The summed E-state index contributed by atoms with van der Waals surface area (Å²) in [6.07, 6.45) is 2.86. The van der Waals surface area contributed by atoms with Gasteiger partial charge in [0.15, 0.2) is 0 Å². The molecular weight excluding hydrogens is 160 g/mol. The monoisotopic (exact) mass is 168 g/mol. The molecule has 0 aliphatic heterocycles. The second kappa shape index (κ2) is 4.14. The average molecular weight is 168 g/mol. The van der Waals surface area contributed by atoms with Gasteiger partial charge < -0.3 is 4.42 Å². The molecule has 2 amide bonds. The molecule has 0 aliphatic rings. The van der Waals surface area contributed by atoms with E-state index in [1.54, 1.807) is 12.1 Å². The maximum absolute atomic E-state index is 10.4. The summed E-state index contributed by atoms with van der Waals surface area (Å²) in [7, 11) is 0. The molecule has 0 saturated carbocycles. The summed E-state index contributed by atoms with van der Waals surface area (Å²) in [6, 6.07) is 2.83. The molecule has 0 atom stereocenters. The van der Waals surface area contributed by atoms with Gasteiger partial charge in [-0.25, -0.2) is 16.1 Å². The van der Waals surface area contributed by atoms with Gasteiger partial charge >= 0.3 is 6.03 Å². The van der Waals surface area contributed by atoms with Crippen molar-refractivity contribution in [2.75, 3.05) is 0 Å². The molecule has 0 saturated heterocycles. The molecule has 1 rings (SSSR count). The summed E-state index contributed by atoms with van der Waals surface area (Å²) in [5, 5.41) is 3.52. The fourth-order valence-electron chi connectivity index (χ4n) is 0.552. The number of amides is 2. The highest BCUT2D eigenvalue weighted by molar-refractivity contribution is 5.78. The van der Waals surface area contributed by atoms with E-state index in [9.17, 15) is 4.79 Å². The second-order valence-electron chi connectivity index (χ2n) is 1.86. The van der Waals surface area contributed by atoms with Gasteiger partial charge in [-0.3, -0.25) is 5.43 Å². The van der Waals surface area contributed by atoms with Crippen LogP contribution in [0.15, 0.2) is 27.9 Å². The van der Waals surface area contributed by atoms with Crippen molar-refractivity contribution in [2.24, 2.45) is 10.9 Å². The average Bonchev–Trinajstić information content (AvgIpc) is 2.57. The molecule has 0 spiro atoms. The van der Waals surface area contributed by atoms with Crippen molar-refractivity contribution in [1.29, 1.82) is 0 Å². The number of hydrazine groups is 1. The lowest BCUT2D eigenvalue weighted by Gasteiger charge is -1.93. The van der Waals surface area contributed by atoms with Crippen LogP contribution in [-0.2, 0) is 0 Å². The molecule has 12 heavy (non-hydrogen) atoms. The summed E-state index contributed by atoms with van der Waals surface area (Å²) in [4.78, 5) is 10.4. The van der Waals surface area contributed by atoms with Crippen molar-refractivity contribution < 1.29 is 9.21 Å². The first-order valence-electron chi connectivity index (χ1n) is 3.16. The van der Waals surface area contributed by atoms with Crippen LogP contribution >= 0.6 is 0 Å². The molecule has 0 fully saturated rings. The van der Waals surface area contributed by atoms with Gasteiger partial charge in [0, 0.05) is 0 Å². The quantitative estimate of drug-likeness (QED) is 0.247. The van der Waals surface area contributed by atoms with Crippen LogP contribution in [0.5, 0.6) is 0 Å². The second-order valence-corrected chi connectivity index (χ2v) is 1.86. The molecular formula is C6H8N4O2. The fraction of sp³-hybridized carbons (Fsp3) is 0. The third kappa shape index (κ3) is 2.43. The molecule has 6 heteroatoms. The number of furan rings is 1. The predicted molar refractivity (Wildman–Crippen MR) is 42.2 cm³/mol. The Labute approximate surface area is 68.4 Å². The molecule has 6 nitrogen and oxygen atoms in total. The van der Waals surface area contributed by atoms with Gasteiger partial charge in [-0.05, 0) is 12.1 Å². The van der Waals surface area contributed by atoms with Crippen molar-refractivity contribution in [3.05, 3.63) is 24.2 Å². The minimum atomic E-state index is -0.585. The van der Waals surface area contributed by atoms with E-state index in [0.717, 1.165) is 0 Å². The van der Waals surface area contributed by atoms with E-state index in [-0.39, 0.29) is 0 Å². The fourth-order valence-corrected chi connectivity index (χ4v) is 0.552. The number of nitrogens with zero attached hydrogens (tertiary/aromatic N) is 1. The number of hydrogen-bond acceptors (Lipinski definition) is 4. The van der Waals surface area contributed by atoms with E-state index in [0.29, 0.717) is 5.76 Å². The largest absolute Gasteiger partial charge is 0.463 e. The van der Waals surface area contributed by atoms with Gasteiger partial charge in [-0.1, -0.05) is 0 Å². The van der Waals surface area contributed by atoms with Crippen LogP contribution in [0, 0.1) is 0 Å². The zero-order valence-electron chi connectivity index (χ0n) is 6.15. The Bertz CT molecular complexity index is 267. The first-order chi connectivity index (χ1) is 5.83. The summed E-state index contributed by atoms with van der Waals surface area (Å²) in [5.74, 6) is 5.32. The Morgan fingerprint density at radius 3 is 3.17 bits per heavy atom. The van der Waals surface area contributed by atoms with Gasteiger partial charge in [0.2, 0.25) is 0 Å². The van der Waals surface area contributed by atoms with Crippen molar-refractivity contribution >= 4 is 12.2 Å². The van der Waals surface area contributed by atoms with E-state index < -0.39 is 6.03 Å². The molecule has 0 aliphatic carbocycles. The Hall–Kier alpha value is -1.82. The summed E-state index contributed by atoms with van der Waals surface area (Å²) < 4.78 is 4.90. The number of nitrogens with one attached hydrogen (secondary N) is 2. The molecule has 1 aromatic heterocycles. The Morgan fingerprint density at radius 1 is 1.75 bits per heavy atom. The van der Waals surface area contributed by atoms with Crippen LogP contribution in [0.25, 0.3) is 0 Å². The van der Waals surface area contributed by atoms with Crippen LogP contribution in [0.1, 0.15) is 5.76 Å². The number of carbonyl (C=O) groups is 1. The molecule has 0 unspecified atom stereocenters. The standard InChI is InChI=1S/C6H8N4O2/c7-9-6(11)10-8-4-5-2-1-3-12-5/h1-4H,7H2,(H2,9,10,11). The first kappa shape index (κ1) is 8.28. The van der Waals surface area contributed by atoms with Crippen molar-refractivity contribution in [1.82, 2.24) is 10.9 Å². The normalized spacial score (nSPS) is 10.1. The zero-order chi connectivity index (χ0) is 8.81. The van der Waals surface area contributed by atoms with E-state index in [1.165, 1.54) is 12.5 Å². The van der Waals surface area contributed by atoms with Crippen LogP contribution < -0.4 is 16.7 Å². The lowest BCUT2D eigenvalue weighted by Crippen LogP contribution is -2.37. The molecule has 0 aromatic carbocycles. The van der Waals surface area contributed by atoms with E-state index >= 15 is 0 Å². The van der Waals surface area contributed by atoms with Crippen molar-refractivity contribution in [3.8, 4) is 0 Å². The predicted octanol–water partition coefficient (Wildman–Crippen LogP) is -0.214. The van der Waals surface area contributed by atoms with Gasteiger partial charge in [0.25, 0.3) is 0 Å². The number of urea groups is 1. The Kier molecular flexibility index (Phi) is 2.86. The SMILES string of the molecule is NNC(=O)NN=Cc1ccco1. The van der Waals surface area contributed by atoms with Crippen LogP contribution in [0.4, 0.5) is 4.79 Å². The molecule has 0 bridgehead atoms. The van der Waals surface area contributed by atoms with E-state index in [2.05, 4.69) is 10.5 Å². The van der Waals surface area contributed by atoms with Gasteiger partial charge in [-0.2, -0.15) is 5.10 Å². The maximum atomic E-state index is 10.4. The number of rotatable bonds is 2. The summed E-state index contributed by atoms with van der Waals surface area (Å²) in [6.45, 7) is 0. The minimum Gasteiger partial charge on any atom is -0.463 e. The van der Waals surface area contributed by atoms with E-state index in [1.807, 2.05) is 5.43 Å². The zero-order valence-corrected chi connectivity index (χ0v) is 6.15. The van der Waals surface area contributed by atoms with Crippen molar-refractivity contribution in [3.63, 3.8) is 0 Å². The Balaban J connectivity index is 2.37. The molecule has 1 heterocycles. The van der Waals surface area contributed by atoms with Crippen LogP contribution in [0.3, 0.4) is 0 Å². The molecule has 64 valence electrons. The highest BCUT2D eigenvalue weighted by atomic mass is 16.3. The number of hydrazone groups is 1.